The van der Waals surface area contributed by atoms with Crippen LogP contribution < -0.4 is 25.5 Å². The van der Waals surface area contributed by atoms with Gasteiger partial charge in [-0.2, -0.15) is 0 Å². The lowest BCUT2D eigenvalue weighted by molar-refractivity contribution is -0.387. The fourth-order valence-electron chi connectivity index (χ4n) is 2.58. The average Bonchev–Trinajstić information content (AvgIpc) is 2.66. The van der Waals surface area contributed by atoms with Gasteiger partial charge in [0.2, 0.25) is 5.75 Å². The van der Waals surface area contributed by atoms with Crippen LogP contribution in [-0.2, 0) is 14.1 Å². The summed E-state index contributed by atoms with van der Waals surface area (Å²) in [5.74, 6) is 1.18. The van der Waals surface area contributed by atoms with E-state index in [1.165, 1.54) is 47.6 Å². The molecular weight excluding hydrogens is 358 g/mol. The van der Waals surface area contributed by atoms with Gasteiger partial charge >= 0.3 is 16.9 Å². The molecule has 10 nitrogen and oxygen atoms in total. The van der Waals surface area contributed by atoms with Gasteiger partial charge in [0.1, 0.15) is 5.69 Å². The number of aromatic nitrogens is 2. The number of hydrogen-bond acceptors (Lipinski definition) is 7. The van der Waals surface area contributed by atoms with E-state index in [0.717, 1.165) is 4.57 Å². The summed E-state index contributed by atoms with van der Waals surface area (Å²) >= 11 is 0. The minimum Gasteiger partial charge on any atom is -0.493 e. The number of rotatable bonds is 6. The van der Waals surface area contributed by atoms with Gasteiger partial charge < -0.3 is 14.2 Å². The highest BCUT2D eigenvalue weighted by Crippen LogP contribution is 2.38. The smallest absolute Gasteiger partial charge is 0.357 e. The first kappa shape index (κ1) is 19.8. The molecule has 2 aromatic rings. The minimum absolute atomic E-state index is 0.123. The Labute approximate surface area is 154 Å². The van der Waals surface area contributed by atoms with Crippen LogP contribution in [0.15, 0.2) is 21.7 Å². The van der Waals surface area contributed by atoms with Gasteiger partial charge in [0.05, 0.1) is 26.3 Å². The lowest BCUT2D eigenvalue weighted by atomic mass is 10.1. The maximum Gasteiger partial charge on any atom is 0.357 e. The molecule has 0 amide bonds. The Morgan fingerprint density at radius 2 is 1.52 bits per heavy atom. The number of ether oxygens (including phenoxy) is 3. The molecule has 0 spiro atoms. The van der Waals surface area contributed by atoms with E-state index in [4.69, 9.17) is 14.2 Å². The molecule has 1 heterocycles. The van der Waals surface area contributed by atoms with Crippen LogP contribution in [0.4, 0.5) is 5.69 Å². The molecule has 0 radical (unpaired) electrons. The van der Waals surface area contributed by atoms with Crippen molar-refractivity contribution in [1.82, 2.24) is 9.13 Å². The fraction of sp³-hybridized carbons (Fsp3) is 0.294. The van der Waals surface area contributed by atoms with Crippen molar-refractivity contribution in [1.29, 1.82) is 0 Å². The van der Waals surface area contributed by atoms with Crippen molar-refractivity contribution in [3.63, 3.8) is 0 Å². The highest BCUT2D eigenvalue weighted by molar-refractivity contribution is 5.74. The monoisotopic (exact) mass is 377 g/mol. The van der Waals surface area contributed by atoms with E-state index in [1.807, 2.05) is 0 Å². The Kier molecular flexibility index (Phi) is 5.69. The molecule has 0 atom stereocenters. The second-order valence-electron chi connectivity index (χ2n) is 5.49. The Morgan fingerprint density at radius 3 is 1.96 bits per heavy atom. The lowest BCUT2D eigenvalue weighted by Gasteiger charge is -2.13. The topological polar surface area (TPSA) is 115 Å². The van der Waals surface area contributed by atoms with Gasteiger partial charge in [-0.3, -0.25) is 24.0 Å². The average molecular weight is 377 g/mol. The van der Waals surface area contributed by atoms with Gasteiger partial charge in [0.25, 0.3) is 0 Å². The molecule has 0 aliphatic carbocycles. The van der Waals surface area contributed by atoms with Crippen molar-refractivity contribution in [3.8, 4) is 17.2 Å². The van der Waals surface area contributed by atoms with E-state index in [2.05, 4.69) is 0 Å². The molecule has 27 heavy (non-hydrogen) atoms. The van der Waals surface area contributed by atoms with E-state index in [0.29, 0.717) is 27.4 Å². The molecule has 144 valence electrons. The van der Waals surface area contributed by atoms with Crippen molar-refractivity contribution >= 4 is 17.8 Å². The molecule has 1 aromatic carbocycles. The van der Waals surface area contributed by atoms with Gasteiger partial charge in [-0.25, -0.2) is 4.79 Å². The summed E-state index contributed by atoms with van der Waals surface area (Å²) in [4.78, 5) is 34.7. The quantitative estimate of drug-likeness (QED) is 0.548. The van der Waals surface area contributed by atoms with E-state index < -0.39 is 21.9 Å². The summed E-state index contributed by atoms with van der Waals surface area (Å²) in [6.07, 6.45) is 2.83. The van der Waals surface area contributed by atoms with Gasteiger partial charge in [0, 0.05) is 14.1 Å². The molecule has 0 saturated carbocycles. The van der Waals surface area contributed by atoms with E-state index >= 15 is 0 Å². The molecule has 0 fully saturated rings. The molecular formula is C17H19N3O7. The van der Waals surface area contributed by atoms with Crippen LogP contribution >= 0.6 is 0 Å². The van der Waals surface area contributed by atoms with Crippen molar-refractivity contribution in [3.05, 3.63) is 54.3 Å². The highest BCUT2D eigenvalue weighted by atomic mass is 16.6. The maximum atomic E-state index is 12.1. The number of benzene rings is 1. The molecule has 0 N–H and O–H groups in total. The Balaban J connectivity index is 2.68. The third-order valence-electron chi connectivity index (χ3n) is 3.99. The summed E-state index contributed by atoms with van der Waals surface area (Å²) in [7, 11) is 6.92. The van der Waals surface area contributed by atoms with E-state index in [1.54, 1.807) is 12.1 Å². The van der Waals surface area contributed by atoms with Crippen molar-refractivity contribution in [2.24, 2.45) is 14.1 Å². The zero-order valence-electron chi connectivity index (χ0n) is 15.5. The summed E-state index contributed by atoms with van der Waals surface area (Å²) in [5, 5.41) is 11.3. The maximum absolute atomic E-state index is 12.1. The zero-order chi connectivity index (χ0) is 20.3. The fourth-order valence-corrected chi connectivity index (χ4v) is 2.58. The molecule has 1 aromatic heterocycles. The predicted octanol–water partition coefficient (Wildman–Crippen LogP) is 1.19. The van der Waals surface area contributed by atoms with Crippen LogP contribution in [0, 0.1) is 10.1 Å². The molecule has 2 rings (SSSR count). The van der Waals surface area contributed by atoms with Crippen LogP contribution in [0.2, 0.25) is 0 Å². The van der Waals surface area contributed by atoms with Crippen LogP contribution in [0.5, 0.6) is 17.2 Å². The number of nitro groups is 1. The summed E-state index contributed by atoms with van der Waals surface area (Å²) in [6.45, 7) is 0. The number of nitrogens with zero attached hydrogens (tertiary/aromatic N) is 3. The number of hydrogen-bond donors (Lipinski definition) is 0. The molecule has 0 unspecified atom stereocenters. The Bertz CT molecular complexity index is 1010. The standard InChI is InChI=1S/C17H19N3O7/c1-18-11(14(20(23)24)16(21)19(2)17(18)22)7-6-10-8-12(25-3)15(27-5)13(9-10)26-4/h6-9H,1-5H3. The van der Waals surface area contributed by atoms with Gasteiger partial charge in [0.15, 0.2) is 11.5 Å². The lowest BCUT2D eigenvalue weighted by Crippen LogP contribution is -2.39. The first-order valence-electron chi connectivity index (χ1n) is 7.69. The van der Waals surface area contributed by atoms with Crippen LogP contribution in [0.25, 0.3) is 12.2 Å². The molecule has 0 bridgehead atoms. The zero-order valence-corrected chi connectivity index (χ0v) is 15.5. The first-order chi connectivity index (χ1) is 12.8. The molecule has 10 heteroatoms. The van der Waals surface area contributed by atoms with Crippen molar-refractivity contribution in [2.45, 2.75) is 0 Å². The Morgan fingerprint density at radius 1 is 0.963 bits per heavy atom. The predicted molar refractivity (Wildman–Crippen MR) is 98.6 cm³/mol. The molecule has 0 aliphatic heterocycles. The third-order valence-corrected chi connectivity index (χ3v) is 3.99. The van der Waals surface area contributed by atoms with Crippen molar-refractivity contribution in [2.75, 3.05) is 21.3 Å². The highest BCUT2D eigenvalue weighted by Gasteiger charge is 2.23. The van der Waals surface area contributed by atoms with Crippen molar-refractivity contribution < 1.29 is 19.1 Å². The van der Waals surface area contributed by atoms with Gasteiger partial charge in [-0.05, 0) is 23.8 Å². The van der Waals surface area contributed by atoms with Crippen LogP contribution in [0.1, 0.15) is 11.3 Å². The Hall–Kier alpha value is -3.56. The largest absolute Gasteiger partial charge is 0.493 e. The second kappa shape index (κ2) is 7.77. The normalized spacial score (nSPS) is 10.9. The second-order valence-corrected chi connectivity index (χ2v) is 5.49. The number of methoxy groups -OCH3 is 3. The molecule has 0 saturated heterocycles. The van der Waals surface area contributed by atoms with Gasteiger partial charge in [-0.1, -0.05) is 6.08 Å². The van der Waals surface area contributed by atoms with E-state index in [-0.39, 0.29) is 5.69 Å². The van der Waals surface area contributed by atoms with Gasteiger partial charge in [-0.15, -0.1) is 0 Å². The summed E-state index contributed by atoms with van der Waals surface area (Å²) < 4.78 is 17.5. The third kappa shape index (κ3) is 3.54. The molecule has 0 aliphatic rings. The van der Waals surface area contributed by atoms with Crippen LogP contribution in [-0.4, -0.2) is 35.4 Å². The summed E-state index contributed by atoms with van der Waals surface area (Å²) in [5.41, 5.74) is -1.90. The van der Waals surface area contributed by atoms with Crippen LogP contribution in [0.3, 0.4) is 0 Å². The first-order valence-corrected chi connectivity index (χ1v) is 7.69. The minimum atomic E-state index is -0.979. The SMILES string of the molecule is COc1cc(C=Cc2c([N+](=O)[O-])c(=O)n(C)c(=O)n2C)cc(OC)c1OC. The van der Waals surface area contributed by atoms with E-state index in [9.17, 15) is 19.7 Å². The summed E-state index contributed by atoms with van der Waals surface area (Å²) in [6, 6.07) is 3.26.